The molecule has 2 rings (SSSR count). The van der Waals surface area contributed by atoms with Gasteiger partial charge in [-0.25, -0.2) is 0 Å². The summed E-state index contributed by atoms with van der Waals surface area (Å²) in [7, 11) is 0. The van der Waals surface area contributed by atoms with E-state index in [1.807, 2.05) is 6.07 Å². The van der Waals surface area contributed by atoms with Crippen LogP contribution in [0, 0.1) is 5.92 Å². The van der Waals surface area contributed by atoms with Crippen LogP contribution in [0.2, 0.25) is 0 Å². The van der Waals surface area contributed by atoms with Crippen LogP contribution in [0.15, 0.2) is 22.7 Å². The minimum atomic E-state index is 0.661. The van der Waals surface area contributed by atoms with Gasteiger partial charge in [0.05, 0.1) is 11.4 Å². The molecule has 2 nitrogen and oxygen atoms in total. The molecule has 1 aromatic rings. The molecular weight excluding hydrogens is 288 g/mol. The highest BCUT2D eigenvalue weighted by molar-refractivity contribution is 9.10. The molecule has 3 heteroatoms. The molecule has 1 aliphatic carbocycles. The molecule has 0 spiro atoms. The quantitative estimate of drug-likeness (QED) is 0.833. The summed E-state index contributed by atoms with van der Waals surface area (Å²) in [6.45, 7) is 5.64. The third-order valence-corrected chi connectivity index (χ3v) is 4.12. The second-order valence-corrected chi connectivity index (χ2v) is 6.60. The molecule has 1 fully saturated rings. The fourth-order valence-corrected chi connectivity index (χ4v) is 3.22. The summed E-state index contributed by atoms with van der Waals surface area (Å²) in [6.07, 6.45) is 5.33. The maximum atomic E-state index is 6.19. The smallest absolute Gasteiger partial charge is 0.0603 e. The molecule has 0 saturated heterocycles. The zero-order chi connectivity index (χ0) is 13.1. The summed E-state index contributed by atoms with van der Waals surface area (Å²) in [5.41, 5.74) is 8.29. The van der Waals surface area contributed by atoms with Gasteiger partial charge in [-0.05, 0) is 37.0 Å². The average molecular weight is 311 g/mol. The Morgan fingerprint density at radius 3 is 2.56 bits per heavy atom. The first-order valence-electron chi connectivity index (χ1n) is 6.89. The summed E-state index contributed by atoms with van der Waals surface area (Å²) in [4.78, 5) is 2.53. The summed E-state index contributed by atoms with van der Waals surface area (Å²) >= 11 is 3.48. The molecule has 1 aromatic carbocycles. The number of hydrogen-bond acceptors (Lipinski definition) is 2. The summed E-state index contributed by atoms with van der Waals surface area (Å²) in [5.74, 6) is 0.661. The van der Waals surface area contributed by atoms with Crippen molar-refractivity contribution in [3.8, 4) is 0 Å². The predicted molar refractivity (Wildman–Crippen MR) is 83.0 cm³/mol. The number of hydrogen-bond donors (Lipinski definition) is 1. The van der Waals surface area contributed by atoms with Crippen molar-refractivity contribution in [3.63, 3.8) is 0 Å². The van der Waals surface area contributed by atoms with Crippen LogP contribution in [0.25, 0.3) is 0 Å². The van der Waals surface area contributed by atoms with Gasteiger partial charge in [0.25, 0.3) is 0 Å². The first kappa shape index (κ1) is 13.7. The Kier molecular flexibility index (Phi) is 4.55. The van der Waals surface area contributed by atoms with E-state index < -0.39 is 0 Å². The number of nitrogen functional groups attached to an aromatic ring is 1. The van der Waals surface area contributed by atoms with Crippen molar-refractivity contribution in [1.82, 2.24) is 0 Å². The highest BCUT2D eigenvalue weighted by atomic mass is 79.9. The van der Waals surface area contributed by atoms with Gasteiger partial charge in [0.2, 0.25) is 0 Å². The Morgan fingerprint density at radius 1 is 1.33 bits per heavy atom. The maximum absolute atomic E-state index is 6.19. The standard InChI is InChI=1S/C15H23BrN2/c1-11(2)10-18(13-5-3-4-6-13)15-8-7-12(16)9-14(15)17/h7-9,11,13H,3-6,10,17H2,1-2H3. The van der Waals surface area contributed by atoms with E-state index in [-0.39, 0.29) is 0 Å². The number of rotatable bonds is 4. The Balaban J connectivity index is 2.26. The lowest BCUT2D eigenvalue weighted by Gasteiger charge is -2.33. The van der Waals surface area contributed by atoms with Gasteiger partial charge < -0.3 is 10.6 Å². The molecule has 2 N–H and O–H groups in total. The highest BCUT2D eigenvalue weighted by Gasteiger charge is 2.24. The van der Waals surface area contributed by atoms with E-state index >= 15 is 0 Å². The lowest BCUT2D eigenvalue weighted by Crippen LogP contribution is -2.36. The van der Waals surface area contributed by atoms with Crippen LogP contribution >= 0.6 is 15.9 Å². The minimum Gasteiger partial charge on any atom is -0.397 e. The topological polar surface area (TPSA) is 29.3 Å². The Hall–Kier alpha value is -0.700. The minimum absolute atomic E-state index is 0.661. The van der Waals surface area contributed by atoms with Crippen LogP contribution in [0.4, 0.5) is 11.4 Å². The maximum Gasteiger partial charge on any atom is 0.0603 e. The van der Waals surface area contributed by atoms with Crippen LogP contribution in [0.3, 0.4) is 0 Å². The van der Waals surface area contributed by atoms with Gasteiger partial charge in [0.15, 0.2) is 0 Å². The number of nitrogens with zero attached hydrogens (tertiary/aromatic N) is 1. The molecule has 18 heavy (non-hydrogen) atoms. The normalized spacial score (nSPS) is 16.4. The van der Waals surface area contributed by atoms with Gasteiger partial charge in [-0.1, -0.05) is 42.6 Å². The molecule has 0 amide bonds. The van der Waals surface area contributed by atoms with E-state index in [2.05, 4.69) is 46.8 Å². The van der Waals surface area contributed by atoms with E-state index in [1.165, 1.54) is 31.4 Å². The Bertz CT molecular complexity index is 397. The van der Waals surface area contributed by atoms with E-state index in [1.54, 1.807) is 0 Å². The van der Waals surface area contributed by atoms with Crippen molar-refractivity contribution < 1.29 is 0 Å². The van der Waals surface area contributed by atoms with Gasteiger partial charge in [-0.2, -0.15) is 0 Å². The third kappa shape index (κ3) is 3.19. The zero-order valence-electron chi connectivity index (χ0n) is 11.3. The molecule has 0 bridgehead atoms. The molecule has 0 aliphatic heterocycles. The second kappa shape index (κ2) is 5.96. The van der Waals surface area contributed by atoms with E-state index in [9.17, 15) is 0 Å². The van der Waals surface area contributed by atoms with Gasteiger partial charge in [0.1, 0.15) is 0 Å². The van der Waals surface area contributed by atoms with Gasteiger partial charge >= 0.3 is 0 Å². The summed E-state index contributed by atoms with van der Waals surface area (Å²) < 4.78 is 1.06. The van der Waals surface area contributed by atoms with Gasteiger partial charge in [0, 0.05) is 17.1 Å². The molecular formula is C15H23BrN2. The molecule has 0 aromatic heterocycles. The van der Waals surface area contributed by atoms with Crippen molar-refractivity contribution in [2.24, 2.45) is 5.92 Å². The summed E-state index contributed by atoms with van der Waals surface area (Å²) in [6, 6.07) is 6.93. The van der Waals surface area contributed by atoms with Crippen LogP contribution in [0.1, 0.15) is 39.5 Å². The molecule has 1 saturated carbocycles. The van der Waals surface area contributed by atoms with Gasteiger partial charge in [-0.15, -0.1) is 0 Å². The molecule has 0 radical (unpaired) electrons. The van der Waals surface area contributed by atoms with Crippen molar-refractivity contribution >= 4 is 27.3 Å². The fraction of sp³-hybridized carbons (Fsp3) is 0.600. The lowest BCUT2D eigenvalue weighted by molar-refractivity contribution is 0.536. The van der Waals surface area contributed by atoms with Crippen molar-refractivity contribution in [1.29, 1.82) is 0 Å². The van der Waals surface area contributed by atoms with E-state index in [0.29, 0.717) is 12.0 Å². The molecule has 0 atom stereocenters. The number of nitrogens with two attached hydrogens (primary N) is 1. The monoisotopic (exact) mass is 310 g/mol. The molecule has 1 aliphatic rings. The van der Waals surface area contributed by atoms with Gasteiger partial charge in [-0.3, -0.25) is 0 Å². The molecule has 100 valence electrons. The average Bonchev–Trinajstić information content (AvgIpc) is 2.79. The third-order valence-electron chi connectivity index (χ3n) is 3.63. The largest absolute Gasteiger partial charge is 0.397 e. The van der Waals surface area contributed by atoms with Crippen LogP contribution in [-0.2, 0) is 0 Å². The van der Waals surface area contributed by atoms with E-state index in [4.69, 9.17) is 5.73 Å². The predicted octanol–water partition coefficient (Wildman–Crippen LogP) is 4.44. The second-order valence-electron chi connectivity index (χ2n) is 5.69. The highest BCUT2D eigenvalue weighted by Crippen LogP contribution is 2.33. The molecule has 0 heterocycles. The Morgan fingerprint density at radius 2 is 2.00 bits per heavy atom. The zero-order valence-corrected chi connectivity index (χ0v) is 12.9. The lowest BCUT2D eigenvalue weighted by atomic mass is 10.1. The number of halogens is 1. The van der Waals surface area contributed by atoms with E-state index in [0.717, 1.165) is 16.7 Å². The number of anilines is 2. The first-order chi connectivity index (χ1) is 8.58. The van der Waals surface area contributed by atoms with Crippen molar-refractivity contribution in [3.05, 3.63) is 22.7 Å². The van der Waals surface area contributed by atoms with Crippen molar-refractivity contribution in [2.45, 2.75) is 45.6 Å². The fourth-order valence-electron chi connectivity index (χ4n) is 2.84. The SMILES string of the molecule is CC(C)CN(c1ccc(Br)cc1N)C1CCCC1. The number of benzene rings is 1. The Labute approximate surface area is 119 Å². The molecule has 0 unspecified atom stereocenters. The van der Waals surface area contributed by atoms with Crippen LogP contribution in [0.5, 0.6) is 0 Å². The first-order valence-corrected chi connectivity index (χ1v) is 7.69. The van der Waals surface area contributed by atoms with Crippen LogP contribution < -0.4 is 10.6 Å². The van der Waals surface area contributed by atoms with Crippen LogP contribution in [-0.4, -0.2) is 12.6 Å². The summed E-state index contributed by atoms with van der Waals surface area (Å²) in [5, 5.41) is 0. The van der Waals surface area contributed by atoms with Crippen molar-refractivity contribution in [2.75, 3.05) is 17.2 Å².